The van der Waals surface area contributed by atoms with Crippen LogP contribution in [0.15, 0.2) is 18.2 Å². The SMILES string of the molecule is FC(F)(F)c1ccc2nc(N3CC4COCC(C3)N4)sc2c1. The lowest BCUT2D eigenvalue weighted by Crippen LogP contribution is -2.62. The van der Waals surface area contributed by atoms with Crippen molar-refractivity contribution >= 4 is 26.7 Å². The van der Waals surface area contributed by atoms with Crippen LogP contribution in [-0.2, 0) is 10.9 Å². The molecule has 2 aliphatic rings. The van der Waals surface area contributed by atoms with Crippen molar-refractivity contribution in [1.29, 1.82) is 0 Å². The normalized spacial score (nSPS) is 25.7. The monoisotopic (exact) mass is 329 g/mol. The Morgan fingerprint density at radius 1 is 1.23 bits per heavy atom. The zero-order valence-electron chi connectivity index (χ0n) is 11.6. The number of alkyl halides is 3. The fourth-order valence-corrected chi connectivity index (χ4v) is 4.00. The summed E-state index contributed by atoms with van der Waals surface area (Å²) in [5.74, 6) is 0. The second-order valence-electron chi connectivity index (χ2n) is 5.68. The van der Waals surface area contributed by atoms with E-state index in [0.29, 0.717) is 23.4 Å². The molecule has 2 aromatic rings. The van der Waals surface area contributed by atoms with Crippen molar-refractivity contribution in [1.82, 2.24) is 10.3 Å². The van der Waals surface area contributed by atoms with Crippen molar-refractivity contribution in [2.75, 3.05) is 31.2 Å². The summed E-state index contributed by atoms with van der Waals surface area (Å²) in [6, 6.07) is 4.23. The van der Waals surface area contributed by atoms with Gasteiger partial charge in [0.25, 0.3) is 0 Å². The molecular weight excluding hydrogens is 315 g/mol. The number of anilines is 1. The van der Waals surface area contributed by atoms with Crippen LogP contribution in [-0.4, -0.2) is 43.4 Å². The molecule has 22 heavy (non-hydrogen) atoms. The first-order valence-corrected chi connectivity index (χ1v) is 7.87. The van der Waals surface area contributed by atoms with E-state index in [9.17, 15) is 13.2 Å². The minimum atomic E-state index is -4.32. The van der Waals surface area contributed by atoms with E-state index < -0.39 is 11.7 Å². The zero-order valence-corrected chi connectivity index (χ0v) is 12.4. The van der Waals surface area contributed by atoms with E-state index in [1.165, 1.54) is 23.5 Å². The van der Waals surface area contributed by atoms with E-state index in [1.54, 1.807) is 0 Å². The molecule has 2 fully saturated rings. The lowest BCUT2D eigenvalue weighted by molar-refractivity contribution is -0.137. The van der Waals surface area contributed by atoms with Gasteiger partial charge in [-0.2, -0.15) is 13.2 Å². The third kappa shape index (κ3) is 2.55. The number of ether oxygens (including phenoxy) is 1. The number of halogens is 3. The van der Waals surface area contributed by atoms with Gasteiger partial charge in [-0.1, -0.05) is 11.3 Å². The predicted molar refractivity (Wildman–Crippen MR) is 78.4 cm³/mol. The molecule has 2 saturated heterocycles. The maximum absolute atomic E-state index is 12.8. The topological polar surface area (TPSA) is 37.4 Å². The minimum Gasteiger partial charge on any atom is -0.378 e. The van der Waals surface area contributed by atoms with Gasteiger partial charge in [-0.05, 0) is 18.2 Å². The molecule has 0 spiro atoms. The number of morpholine rings is 1. The van der Waals surface area contributed by atoms with Gasteiger partial charge in [-0.25, -0.2) is 4.98 Å². The van der Waals surface area contributed by atoms with Gasteiger partial charge < -0.3 is 15.0 Å². The fourth-order valence-electron chi connectivity index (χ4n) is 2.98. The summed E-state index contributed by atoms with van der Waals surface area (Å²) >= 11 is 1.32. The molecule has 118 valence electrons. The quantitative estimate of drug-likeness (QED) is 0.872. The van der Waals surface area contributed by atoms with Crippen LogP contribution in [0, 0.1) is 0 Å². The number of thiazole rings is 1. The number of hydrogen-bond donors (Lipinski definition) is 1. The molecule has 1 aromatic heterocycles. The summed E-state index contributed by atoms with van der Waals surface area (Å²) in [6.45, 7) is 2.86. The van der Waals surface area contributed by atoms with E-state index in [-0.39, 0.29) is 12.1 Å². The van der Waals surface area contributed by atoms with Gasteiger partial charge in [0, 0.05) is 25.2 Å². The van der Waals surface area contributed by atoms with E-state index >= 15 is 0 Å². The number of rotatable bonds is 1. The summed E-state index contributed by atoms with van der Waals surface area (Å²) in [5, 5.41) is 4.26. The van der Waals surface area contributed by atoms with Crippen LogP contribution in [0.5, 0.6) is 0 Å². The average Bonchev–Trinajstić information content (AvgIpc) is 2.88. The molecule has 0 amide bonds. The minimum absolute atomic E-state index is 0.255. The Morgan fingerprint density at radius 3 is 2.64 bits per heavy atom. The van der Waals surface area contributed by atoms with Crippen LogP contribution in [0.25, 0.3) is 10.2 Å². The summed E-state index contributed by atoms with van der Waals surface area (Å²) in [4.78, 5) is 6.64. The molecule has 2 unspecified atom stereocenters. The first-order valence-electron chi connectivity index (χ1n) is 7.05. The second kappa shape index (κ2) is 5.07. The highest BCUT2D eigenvalue weighted by Crippen LogP contribution is 2.35. The van der Waals surface area contributed by atoms with Crippen LogP contribution in [0.3, 0.4) is 0 Å². The fraction of sp³-hybridized carbons (Fsp3) is 0.500. The van der Waals surface area contributed by atoms with E-state index in [0.717, 1.165) is 24.3 Å². The van der Waals surface area contributed by atoms with Gasteiger partial charge in [0.2, 0.25) is 0 Å². The van der Waals surface area contributed by atoms with Crippen LogP contribution < -0.4 is 10.2 Å². The maximum atomic E-state index is 12.8. The Hall–Kier alpha value is -1.38. The lowest BCUT2D eigenvalue weighted by Gasteiger charge is -2.42. The summed E-state index contributed by atoms with van der Waals surface area (Å²) in [6.07, 6.45) is -4.32. The molecule has 0 radical (unpaired) electrons. The standard InChI is InChI=1S/C14H14F3N3OS/c15-14(16,17)8-1-2-11-12(3-8)22-13(19-11)20-4-9-6-21-7-10(5-20)18-9/h1-3,9-10,18H,4-7H2. The van der Waals surface area contributed by atoms with Crippen molar-refractivity contribution in [2.24, 2.45) is 0 Å². The molecule has 0 saturated carbocycles. The van der Waals surface area contributed by atoms with Gasteiger partial charge >= 0.3 is 6.18 Å². The van der Waals surface area contributed by atoms with E-state index in [1.807, 2.05) is 0 Å². The average molecular weight is 329 g/mol. The molecule has 2 bridgehead atoms. The van der Waals surface area contributed by atoms with E-state index in [4.69, 9.17) is 4.74 Å². The molecule has 2 atom stereocenters. The molecule has 2 aliphatic heterocycles. The zero-order chi connectivity index (χ0) is 15.3. The van der Waals surface area contributed by atoms with Gasteiger partial charge in [0.05, 0.1) is 29.0 Å². The largest absolute Gasteiger partial charge is 0.416 e. The highest BCUT2D eigenvalue weighted by atomic mass is 32.1. The molecule has 4 nitrogen and oxygen atoms in total. The first kappa shape index (κ1) is 14.2. The van der Waals surface area contributed by atoms with Gasteiger partial charge in [-0.3, -0.25) is 0 Å². The smallest absolute Gasteiger partial charge is 0.378 e. The highest BCUT2D eigenvalue weighted by molar-refractivity contribution is 7.22. The third-order valence-corrected chi connectivity index (χ3v) is 5.04. The molecular formula is C14H14F3N3OS. The predicted octanol–water partition coefficient (Wildman–Crippen LogP) is 2.49. The number of hydrogen-bond acceptors (Lipinski definition) is 5. The number of nitrogens with one attached hydrogen (secondary N) is 1. The Morgan fingerprint density at radius 2 is 1.95 bits per heavy atom. The van der Waals surface area contributed by atoms with Crippen molar-refractivity contribution in [3.05, 3.63) is 23.8 Å². The Balaban J connectivity index is 1.65. The lowest BCUT2D eigenvalue weighted by atomic mass is 10.1. The van der Waals surface area contributed by atoms with Crippen molar-refractivity contribution in [3.63, 3.8) is 0 Å². The van der Waals surface area contributed by atoms with Crippen LogP contribution in [0.2, 0.25) is 0 Å². The summed E-state index contributed by atoms with van der Waals surface area (Å²) in [7, 11) is 0. The first-order chi connectivity index (χ1) is 10.5. The number of benzene rings is 1. The molecule has 8 heteroatoms. The highest BCUT2D eigenvalue weighted by Gasteiger charge is 2.33. The molecule has 1 aromatic carbocycles. The summed E-state index contributed by atoms with van der Waals surface area (Å²) in [5.41, 5.74) is -0.00581. The summed E-state index contributed by atoms with van der Waals surface area (Å²) < 4.78 is 44.4. The van der Waals surface area contributed by atoms with Crippen molar-refractivity contribution < 1.29 is 17.9 Å². The molecule has 3 heterocycles. The number of piperazine rings is 1. The van der Waals surface area contributed by atoms with Crippen LogP contribution >= 0.6 is 11.3 Å². The van der Waals surface area contributed by atoms with E-state index in [2.05, 4.69) is 15.2 Å². The number of fused-ring (bicyclic) bond motifs is 3. The van der Waals surface area contributed by atoms with Crippen molar-refractivity contribution in [2.45, 2.75) is 18.3 Å². The number of nitrogens with zero attached hydrogens (tertiary/aromatic N) is 2. The van der Waals surface area contributed by atoms with Crippen LogP contribution in [0.4, 0.5) is 18.3 Å². The third-order valence-electron chi connectivity index (χ3n) is 3.97. The van der Waals surface area contributed by atoms with Gasteiger partial charge in [-0.15, -0.1) is 0 Å². The Bertz CT molecular complexity index is 690. The molecule has 1 N–H and O–H groups in total. The Labute approximate surface area is 128 Å². The van der Waals surface area contributed by atoms with Gasteiger partial charge in [0.1, 0.15) is 0 Å². The number of aromatic nitrogens is 1. The maximum Gasteiger partial charge on any atom is 0.416 e. The van der Waals surface area contributed by atoms with Crippen LogP contribution in [0.1, 0.15) is 5.56 Å². The molecule has 0 aliphatic carbocycles. The molecule has 4 rings (SSSR count). The Kier molecular flexibility index (Phi) is 3.28. The van der Waals surface area contributed by atoms with Crippen molar-refractivity contribution in [3.8, 4) is 0 Å². The van der Waals surface area contributed by atoms with Gasteiger partial charge in [0.15, 0.2) is 5.13 Å². The second-order valence-corrected chi connectivity index (χ2v) is 6.69.